The normalized spacial score (nSPS) is 18.5. The number of nitrogen functional groups attached to an aromatic ring is 1. The lowest BCUT2D eigenvalue weighted by atomic mass is 9.92. The van der Waals surface area contributed by atoms with Gasteiger partial charge in [-0.1, -0.05) is 18.2 Å². The van der Waals surface area contributed by atoms with Crippen LogP contribution < -0.4 is 16.9 Å². The van der Waals surface area contributed by atoms with E-state index in [1.54, 1.807) is 23.1 Å². The first-order valence-electron chi connectivity index (χ1n) is 9.57. The van der Waals surface area contributed by atoms with E-state index in [1.807, 2.05) is 4.90 Å². The van der Waals surface area contributed by atoms with Crippen molar-refractivity contribution in [1.29, 1.82) is 10.7 Å². The van der Waals surface area contributed by atoms with Gasteiger partial charge in [0.15, 0.2) is 5.71 Å². The number of piperidine rings is 2. The minimum absolute atomic E-state index is 0.0280. The van der Waals surface area contributed by atoms with E-state index in [1.165, 1.54) is 12.4 Å². The van der Waals surface area contributed by atoms with Gasteiger partial charge < -0.3 is 26.7 Å². The van der Waals surface area contributed by atoms with Gasteiger partial charge in [0.2, 0.25) is 0 Å². The van der Waals surface area contributed by atoms with Crippen molar-refractivity contribution in [2.45, 2.75) is 19.3 Å². The van der Waals surface area contributed by atoms with Crippen molar-refractivity contribution in [3.63, 3.8) is 0 Å². The molecule has 0 saturated carbocycles. The smallest absolute Gasteiger partial charge is 0.320 e. The number of urea groups is 1. The summed E-state index contributed by atoms with van der Waals surface area (Å²) >= 11 is 0. The summed E-state index contributed by atoms with van der Waals surface area (Å²) in [6.45, 7) is 2.09. The number of para-hydroxylation sites is 1. The van der Waals surface area contributed by atoms with E-state index in [0.29, 0.717) is 67.8 Å². The van der Waals surface area contributed by atoms with E-state index in [0.717, 1.165) is 16.9 Å². The number of rotatable bonds is 2. The average Bonchev–Trinajstić information content (AvgIpc) is 2.75. The van der Waals surface area contributed by atoms with Gasteiger partial charge in [-0.3, -0.25) is 5.41 Å². The zero-order valence-corrected chi connectivity index (χ0v) is 16.3. The Balaban J connectivity index is 1.74. The van der Waals surface area contributed by atoms with E-state index in [2.05, 4.69) is 6.07 Å². The maximum absolute atomic E-state index is 12.9. The molecule has 1 aromatic rings. The second kappa shape index (κ2) is 8.61. The van der Waals surface area contributed by atoms with Crippen molar-refractivity contribution in [1.82, 2.24) is 9.80 Å². The number of nitrogens with two attached hydrogens (primary N) is 3. The molecule has 3 rings (SSSR count). The van der Waals surface area contributed by atoms with Crippen molar-refractivity contribution in [3.8, 4) is 6.07 Å². The number of nitriles is 1. The third-order valence-electron chi connectivity index (χ3n) is 5.56. The fourth-order valence-electron chi connectivity index (χ4n) is 3.80. The monoisotopic (exact) mass is 392 g/mol. The standard InChI is InChI=1S/C21H25N7O/c22-10-15-2-1-3-17(20(15)26)18(12-24)14-4-7-27(8-5-14)21(29)28-9-6-19(25)16(11-23)13-28/h1-3,10-11,22,25H,4-9,13,23,26H2/p+1/b16-11-,22-10?,25-19?. The summed E-state index contributed by atoms with van der Waals surface area (Å²) < 4.78 is 0. The fraction of sp³-hybridized carbons (Fsp3) is 0.333. The highest BCUT2D eigenvalue weighted by molar-refractivity contribution is 5.98. The van der Waals surface area contributed by atoms with Crippen molar-refractivity contribution in [2.75, 3.05) is 31.9 Å². The number of hydrogen-bond acceptors (Lipinski definition) is 5. The first kappa shape index (κ1) is 20.1. The highest BCUT2D eigenvalue weighted by Crippen LogP contribution is 2.31. The largest absolute Gasteiger partial charge is 0.404 e. The van der Waals surface area contributed by atoms with Gasteiger partial charge in [0.05, 0.1) is 23.8 Å². The van der Waals surface area contributed by atoms with Gasteiger partial charge in [0, 0.05) is 55.3 Å². The van der Waals surface area contributed by atoms with Gasteiger partial charge in [-0.15, -0.1) is 0 Å². The van der Waals surface area contributed by atoms with E-state index >= 15 is 0 Å². The quantitative estimate of drug-likeness (QED) is 0.329. The minimum Gasteiger partial charge on any atom is -0.404 e. The van der Waals surface area contributed by atoms with E-state index in [9.17, 15) is 10.1 Å². The molecule has 2 aliphatic heterocycles. The second-order valence-electron chi connectivity index (χ2n) is 7.20. The first-order valence-corrected chi connectivity index (χ1v) is 9.57. The van der Waals surface area contributed by atoms with Gasteiger partial charge >= 0.3 is 6.03 Å². The molecule has 0 atom stereocenters. The van der Waals surface area contributed by atoms with Crippen LogP contribution in [0.4, 0.5) is 10.5 Å². The SMILES string of the molecule is N#CC(=C1CCN(C(=O)N2CCC(=[NH2+])/C(=C\N)C2)CC1)c1cccc(C=N)c1N. The van der Waals surface area contributed by atoms with Gasteiger partial charge in [0.1, 0.15) is 0 Å². The molecule has 2 heterocycles. The molecule has 1 aromatic carbocycles. The number of benzene rings is 1. The van der Waals surface area contributed by atoms with Gasteiger partial charge in [-0.05, 0) is 18.4 Å². The van der Waals surface area contributed by atoms with Crippen LogP contribution in [-0.2, 0) is 0 Å². The Morgan fingerprint density at radius 3 is 2.52 bits per heavy atom. The zero-order valence-electron chi connectivity index (χ0n) is 16.3. The van der Waals surface area contributed by atoms with E-state index in [-0.39, 0.29) is 6.03 Å². The van der Waals surface area contributed by atoms with Crippen molar-refractivity contribution in [2.24, 2.45) is 5.73 Å². The molecule has 29 heavy (non-hydrogen) atoms. The second-order valence-corrected chi connectivity index (χ2v) is 7.20. The lowest BCUT2D eigenvalue weighted by molar-refractivity contribution is -0.117. The summed E-state index contributed by atoms with van der Waals surface area (Å²) in [7, 11) is 0. The number of hydrogen-bond donors (Lipinski definition) is 4. The van der Waals surface area contributed by atoms with Crippen LogP contribution >= 0.6 is 0 Å². The Hall–Kier alpha value is -3.60. The van der Waals surface area contributed by atoms with Crippen LogP contribution in [0.5, 0.6) is 0 Å². The van der Waals surface area contributed by atoms with Crippen molar-refractivity contribution in [3.05, 3.63) is 46.7 Å². The van der Waals surface area contributed by atoms with Crippen LogP contribution in [0.2, 0.25) is 0 Å². The molecular weight excluding hydrogens is 366 g/mol. The van der Waals surface area contributed by atoms with Gasteiger partial charge in [-0.2, -0.15) is 5.26 Å². The summed E-state index contributed by atoms with van der Waals surface area (Å²) in [6, 6.07) is 7.60. The third-order valence-corrected chi connectivity index (χ3v) is 5.56. The Bertz CT molecular complexity index is 944. The topological polar surface area (TPSA) is 149 Å². The maximum Gasteiger partial charge on any atom is 0.320 e. The Labute approximate surface area is 170 Å². The number of carbonyl (C=O) groups excluding carboxylic acids is 1. The third kappa shape index (κ3) is 3.99. The molecule has 2 aliphatic rings. The molecule has 8 heteroatoms. The molecule has 150 valence electrons. The summed E-state index contributed by atoms with van der Waals surface area (Å²) in [5, 5.41) is 23.1. The Morgan fingerprint density at radius 1 is 1.21 bits per heavy atom. The first-order chi connectivity index (χ1) is 14.0. The van der Waals surface area contributed by atoms with Gasteiger partial charge in [0.25, 0.3) is 0 Å². The lowest BCUT2D eigenvalue weighted by Crippen LogP contribution is -2.54. The van der Waals surface area contributed by atoms with E-state index in [4.69, 9.17) is 22.3 Å². The summed E-state index contributed by atoms with van der Waals surface area (Å²) in [5.41, 5.74) is 16.5. The number of anilines is 1. The number of nitrogens with one attached hydrogen (secondary N) is 1. The molecule has 0 aromatic heterocycles. The highest BCUT2D eigenvalue weighted by Gasteiger charge is 2.30. The summed E-state index contributed by atoms with van der Waals surface area (Å²) in [4.78, 5) is 16.5. The van der Waals surface area contributed by atoms with Crippen molar-refractivity contribution < 1.29 is 10.2 Å². The molecular formula is C21H26N7O+. The molecule has 0 unspecified atom stereocenters. The molecule has 0 radical (unpaired) electrons. The molecule has 0 aliphatic carbocycles. The van der Waals surface area contributed by atoms with Gasteiger partial charge in [-0.25, -0.2) is 4.79 Å². The van der Waals surface area contributed by atoms with E-state index < -0.39 is 0 Å². The van der Waals surface area contributed by atoms with Crippen LogP contribution in [0.1, 0.15) is 30.4 Å². The predicted molar refractivity (Wildman–Crippen MR) is 113 cm³/mol. The number of amides is 2. The van der Waals surface area contributed by atoms with Crippen LogP contribution in [0.25, 0.3) is 5.57 Å². The molecule has 0 bridgehead atoms. The molecule has 8 nitrogen and oxygen atoms in total. The maximum atomic E-state index is 12.9. The molecule has 2 amide bonds. The fourth-order valence-corrected chi connectivity index (χ4v) is 3.80. The average molecular weight is 392 g/mol. The van der Waals surface area contributed by atoms with Crippen LogP contribution in [0, 0.1) is 16.7 Å². The Kier molecular flexibility index (Phi) is 5.98. The molecule has 7 N–H and O–H groups in total. The summed E-state index contributed by atoms with van der Waals surface area (Å²) in [5.74, 6) is 0. The number of allylic oxidation sites excluding steroid dienone is 1. The Morgan fingerprint density at radius 2 is 1.90 bits per heavy atom. The molecule has 0 spiro atoms. The number of carbonyl (C=O) groups is 1. The van der Waals surface area contributed by atoms with Crippen LogP contribution in [0.3, 0.4) is 0 Å². The minimum atomic E-state index is -0.0280. The van der Waals surface area contributed by atoms with Crippen molar-refractivity contribution >= 4 is 29.2 Å². The number of likely N-dealkylation sites (tertiary alicyclic amines) is 2. The predicted octanol–water partition coefficient (Wildman–Crippen LogP) is 0.508. The highest BCUT2D eigenvalue weighted by atomic mass is 16.2. The van der Waals surface area contributed by atoms with Crippen LogP contribution in [0.15, 0.2) is 35.5 Å². The molecule has 2 saturated heterocycles. The number of nitrogens with zero attached hydrogens (tertiary/aromatic N) is 3. The summed E-state index contributed by atoms with van der Waals surface area (Å²) in [6.07, 6.45) is 4.51. The van der Waals surface area contributed by atoms with Crippen LogP contribution in [-0.4, -0.2) is 53.9 Å². The molecule has 2 fully saturated rings. The zero-order chi connectivity index (χ0) is 21.0. The lowest BCUT2D eigenvalue weighted by Gasteiger charge is -2.35.